The van der Waals surface area contributed by atoms with Crippen LogP contribution >= 0.6 is 7.75 Å². The Balaban J connectivity index is 2.72. The summed E-state index contributed by atoms with van der Waals surface area (Å²) in [6.07, 6.45) is 0. The first-order chi connectivity index (χ1) is 6.47. The van der Waals surface area contributed by atoms with Crippen molar-refractivity contribution in [2.75, 3.05) is 5.32 Å². The van der Waals surface area contributed by atoms with Gasteiger partial charge < -0.3 is 20.8 Å². The monoisotopic (exact) mass is 215 g/mol. The summed E-state index contributed by atoms with van der Waals surface area (Å²) in [5, 5.41) is 2.53. The summed E-state index contributed by atoms with van der Waals surface area (Å²) < 4.78 is 13.4. The highest BCUT2D eigenvalue weighted by molar-refractivity contribution is 7.50. The Kier molecular flexibility index (Phi) is 3.24. The number of nitrogens with zero attached hydrogens (tertiary/aromatic N) is 1. The third kappa shape index (κ3) is 4.04. The molecule has 0 spiro atoms. The van der Waals surface area contributed by atoms with Crippen molar-refractivity contribution >= 4 is 19.4 Å². The maximum atomic E-state index is 10.4. The van der Waals surface area contributed by atoms with E-state index < -0.39 is 7.75 Å². The van der Waals surface area contributed by atoms with Crippen LogP contribution in [0.15, 0.2) is 35.1 Å². The molecule has 5 N–H and O–H groups in total. The number of para-hydroxylation sites is 1. The van der Waals surface area contributed by atoms with Crippen LogP contribution < -0.4 is 11.1 Å². The van der Waals surface area contributed by atoms with E-state index >= 15 is 0 Å². The lowest BCUT2D eigenvalue weighted by atomic mass is 10.3. The lowest BCUT2D eigenvalue weighted by molar-refractivity contribution is 0.375. The van der Waals surface area contributed by atoms with Gasteiger partial charge in [0.1, 0.15) is 0 Å². The largest absolute Gasteiger partial charge is 0.451 e. The maximum Gasteiger partial charge on any atom is 0.451 e. The van der Waals surface area contributed by atoms with Gasteiger partial charge in [-0.3, -0.25) is 0 Å². The fourth-order valence-electron chi connectivity index (χ4n) is 0.835. The Bertz CT molecular complexity index is 373. The Hall–Kier alpha value is -1.36. The maximum absolute atomic E-state index is 10.4. The molecule has 6 nitrogen and oxygen atoms in total. The summed E-state index contributed by atoms with van der Waals surface area (Å²) in [7, 11) is -4.46. The molecule has 0 amide bonds. The van der Waals surface area contributed by atoms with Crippen LogP contribution in [0, 0.1) is 0 Å². The molecule has 0 aliphatic heterocycles. The average molecular weight is 215 g/mol. The highest BCUT2D eigenvalue weighted by atomic mass is 31.2. The van der Waals surface area contributed by atoms with Gasteiger partial charge in [-0.2, -0.15) is 0 Å². The predicted molar refractivity (Wildman–Crippen MR) is 53.7 cm³/mol. The standard InChI is InChI=1S/C7H10N3O3P/c8-7(10-14(11,12)13)9-6-4-2-1-3-5-6/h1-5H,(H5,8,9,10,11,12,13). The molecule has 0 atom stereocenters. The van der Waals surface area contributed by atoms with Crippen LogP contribution in [0.25, 0.3) is 0 Å². The molecule has 1 rings (SSSR count). The number of hydrogen-bond acceptors (Lipinski definition) is 1. The van der Waals surface area contributed by atoms with Gasteiger partial charge in [-0.15, -0.1) is 4.76 Å². The zero-order valence-corrected chi connectivity index (χ0v) is 8.06. The summed E-state index contributed by atoms with van der Waals surface area (Å²) in [5.74, 6) is -0.315. The molecule has 0 radical (unpaired) electrons. The second-order valence-corrected chi connectivity index (χ2v) is 3.72. The second kappa shape index (κ2) is 4.23. The lowest BCUT2D eigenvalue weighted by Crippen LogP contribution is -2.22. The summed E-state index contributed by atoms with van der Waals surface area (Å²) >= 11 is 0. The molecule has 0 saturated carbocycles. The Morgan fingerprint density at radius 1 is 1.36 bits per heavy atom. The minimum atomic E-state index is -4.46. The van der Waals surface area contributed by atoms with Crippen molar-refractivity contribution < 1.29 is 14.4 Å². The van der Waals surface area contributed by atoms with Crippen molar-refractivity contribution in [1.29, 1.82) is 0 Å². The van der Waals surface area contributed by atoms with Crippen molar-refractivity contribution in [3.63, 3.8) is 0 Å². The third-order valence-electron chi connectivity index (χ3n) is 1.28. The number of hydrogen-bond donors (Lipinski definition) is 4. The van der Waals surface area contributed by atoms with E-state index in [4.69, 9.17) is 15.5 Å². The molecule has 1 aromatic carbocycles. The number of nitrogens with two attached hydrogens (primary N) is 1. The minimum Gasteiger partial charge on any atom is -0.369 e. The van der Waals surface area contributed by atoms with Crippen molar-refractivity contribution in [3.8, 4) is 0 Å². The van der Waals surface area contributed by atoms with E-state index in [0.717, 1.165) is 0 Å². The van der Waals surface area contributed by atoms with Gasteiger partial charge >= 0.3 is 7.75 Å². The van der Waals surface area contributed by atoms with E-state index in [1.807, 2.05) is 6.07 Å². The molecule has 14 heavy (non-hydrogen) atoms. The second-order valence-electron chi connectivity index (χ2n) is 2.49. The first-order valence-corrected chi connectivity index (χ1v) is 5.27. The van der Waals surface area contributed by atoms with Gasteiger partial charge in [0.15, 0.2) is 0 Å². The van der Waals surface area contributed by atoms with Gasteiger partial charge in [0, 0.05) is 5.69 Å². The van der Waals surface area contributed by atoms with Crippen LogP contribution in [0.2, 0.25) is 0 Å². The summed E-state index contributed by atoms with van der Waals surface area (Å²) in [6.45, 7) is 0. The van der Waals surface area contributed by atoms with Crippen LogP contribution in [0.5, 0.6) is 0 Å². The van der Waals surface area contributed by atoms with Crippen LogP contribution in [-0.2, 0) is 4.57 Å². The number of rotatable bonds is 2. The zero-order valence-electron chi connectivity index (χ0n) is 7.16. The Labute approximate surface area is 80.7 Å². The fraction of sp³-hybridized carbons (Fsp3) is 0. The molecule has 76 valence electrons. The van der Waals surface area contributed by atoms with E-state index in [9.17, 15) is 4.57 Å². The third-order valence-corrected chi connectivity index (χ3v) is 1.76. The van der Waals surface area contributed by atoms with Crippen LogP contribution in [0.4, 0.5) is 5.69 Å². The van der Waals surface area contributed by atoms with Crippen LogP contribution in [0.1, 0.15) is 0 Å². The van der Waals surface area contributed by atoms with Crippen molar-refractivity contribution in [1.82, 2.24) is 0 Å². The van der Waals surface area contributed by atoms with E-state index in [-0.39, 0.29) is 5.96 Å². The van der Waals surface area contributed by atoms with Crippen LogP contribution in [-0.4, -0.2) is 15.7 Å². The zero-order chi connectivity index (χ0) is 10.6. The SMILES string of the molecule is N/C(=N\P(=O)(O)O)Nc1ccccc1. The number of benzene rings is 1. The molecule has 0 fully saturated rings. The molecule has 0 saturated heterocycles. The van der Waals surface area contributed by atoms with Gasteiger partial charge in [-0.25, -0.2) is 4.57 Å². The van der Waals surface area contributed by atoms with E-state index in [1.165, 1.54) is 0 Å². The molecule has 0 heterocycles. The molecule has 0 aliphatic carbocycles. The minimum absolute atomic E-state index is 0.315. The Morgan fingerprint density at radius 2 is 1.93 bits per heavy atom. The van der Waals surface area contributed by atoms with Gasteiger partial charge in [0.05, 0.1) is 0 Å². The van der Waals surface area contributed by atoms with E-state index in [1.54, 1.807) is 24.3 Å². The predicted octanol–water partition coefficient (Wildman–Crippen LogP) is 0.506. The van der Waals surface area contributed by atoms with Crippen molar-refractivity contribution in [2.45, 2.75) is 0 Å². The fourth-order valence-corrected chi connectivity index (χ4v) is 1.17. The number of anilines is 1. The first-order valence-electron chi connectivity index (χ1n) is 3.71. The number of nitrogens with one attached hydrogen (secondary N) is 1. The molecule has 0 unspecified atom stereocenters. The van der Waals surface area contributed by atoms with Gasteiger partial charge in [0.2, 0.25) is 5.96 Å². The van der Waals surface area contributed by atoms with E-state index in [2.05, 4.69) is 10.1 Å². The average Bonchev–Trinajstić information content (AvgIpc) is 2.02. The molecular weight excluding hydrogens is 205 g/mol. The van der Waals surface area contributed by atoms with E-state index in [0.29, 0.717) is 5.69 Å². The summed E-state index contributed by atoms with van der Waals surface area (Å²) in [4.78, 5) is 16.9. The molecule has 7 heteroatoms. The summed E-state index contributed by atoms with van der Waals surface area (Å²) in [6, 6.07) is 8.71. The first kappa shape index (κ1) is 10.7. The highest BCUT2D eigenvalue weighted by Gasteiger charge is 2.10. The quantitative estimate of drug-likeness (QED) is 0.326. The topological polar surface area (TPSA) is 108 Å². The van der Waals surface area contributed by atoms with Gasteiger partial charge in [-0.05, 0) is 12.1 Å². The molecular formula is C7H10N3O3P. The van der Waals surface area contributed by atoms with Gasteiger partial charge in [-0.1, -0.05) is 18.2 Å². The number of guanidine groups is 1. The normalized spacial score (nSPS) is 12.6. The molecule has 1 aromatic rings. The highest BCUT2D eigenvalue weighted by Crippen LogP contribution is 2.35. The summed E-state index contributed by atoms with van der Waals surface area (Å²) in [5.41, 5.74) is 5.85. The lowest BCUT2D eigenvalue weighted by Gasteiger charge is -2.04. The molecule has 0 aromatic heterocycles. The smallest absolute Gasteiger partial charge is 0.369 e. The van der Waals surface area contributed by atoms with Crippen LogP contribution in [0.3, 0.4) is 0 Å². The van der Waals surface area contributed by atoms with Gasteiger partial charge in [0.25, 0.3) is 0 Å². The van der Waals surface area contributed by atoms with Crippen molar-refractivity contribution in [2.24, 2.45) is 10.5 Å². The molecule has 0 bridgehead atoms. The van der Waals surface area contributed by atoms with Crippen molar-refractivity contribution in [3.05, 3.63) is 30.3 Å². The Morgan fingerprint density at radius 3 is 2.43 bits per heavy atom. The molecule has 0 aliphatic rings.